The van der Waals surface area contributed by atoms with Crippen molar-refractivity contribution in [2.45, 2.75) is 4.90 Å². The predicted octanol–water partition coefficient (Wildman–Crippen LogP) is 4.24. The average molecular weight is 363 g/mol. The second-order valence-corrected chi connectivity index (χ2v) is 7.46. The summed E-state index contributed by atoms with van der Waals surface area (Å²) in [5.41, 5.74) is 1.22. The van der Waals surface area contributed by atoms with Crippen LogP contribution in [-0.2, 0) is 9.84 Å². The van der Waals surface area contributed by atoms with Gasteiger partial charge >= 0.3 is 0 Å². The van der Waals surface area contributed by atoms with Crippen molar-refractivity contribution in [3.63, 3.8) is 0 Å². The summed E-state index contributed by atoms with van der Waals surface area (Å²) in [5.74, 6) is -2.41. The molecule has 0 bridgehead atoms. The van der Waals surface area contributed by atoms with Crippen molar-refractivity contribution < 1.29 is 21.6 Å². The third kappa shape index (κ3) is 3.56. The fourth-order valence-electron chi connectivity index (χ4n) is 2.53. The van der Waals surface area contributed by atoms with Crippen LogP contribution in [0.1, 0.15) is 0 Å². The molecule has 3 nitrogen and oxygen atoms in total. The lowest BCUT2D eigenvalue weighted by molar-refractivity contribution is 0.571. The Morgan fingerprint density at radius 1 is 0.880 bits per heavy atom. The fourth-order valence-corrected chi connectivity index (χ4v) is 3.25. The lowest BCUT2D eigenvalue weighted by atomic mass is 9.99. The van der Waals surface area contributed by atoms with Crippen LogP contribution in [-0.4, -0.2) is 19.7 Å². The van der Waals surface area contributed by atoms with Gasteiger partial charge in [-0.25, -0.2) is 21.6 Å². The molecule has 0 saturated heterocycles. The molecule has 0 spiro atoms. The van der Waals surface area contributed by atoms with Gasteiger partial charge in [0.1, 0.15) is 22.3 Å². The maximum atomic E-state index is 14.2. The summed E-state index contributed by atoms with van der Waals surface area (Å²) in [4.78, 5) is 3.73. The molecule has 0 unspecified atom stereocenters. The molecular formula is C18H12F3NO2S. The highest BCUT2D eigenvalue weighted by atomic mass is 32.2. The number of hydrogen-bond donors (Lipinski definition) is 0. The minimum Gasteiger partial charge on any atom is -0.256 e. The Balaban J connectivity index is 2.18. The van der Waals surface area contributed by atoms with E-state index >= 15 is 0 Å². The first-order valence-electron chi connectivity index (χ1n) is 7.17. The van der Waals surface area contributed by atoms with Gasteiger partial charge in [0, 0.05) is 29.6 Å². The molecule has 2 aromatic carbocycles. The molecule has 7 heteroatoms. The Kier molecular flexibility index (Phi) is 4.34. The zero-order valence-electron chi connectivity index (χ0n) is 13.0. The standard InChI is InChI=1S/C18H12F3NO2S/c1-25(23,24)17-5-4-11(9-16(17)21)18-15(3-2-6-22-18)12-7-13(19)10-14(20)8-12/h2-10H,1H3. The van der Waals surface area contributed by atoms with Crippen LogP contribution in [0.3, 0.4) is 0 Å². The second kappa shape index (κ2) is 6.33. The first-order chi connectivity index (χ1) is 11.8. The van der Waals surface area contributed by atoms with Gasteiger partial charge in [0.05, 0.1) is 5.69 Å². The first-order valence-corrected chi connectivity index (χ1v) is 9.06. The Labute approximate surface area is 142 Å². The van der Waals surface area contributed by atoms with Crippen molar-refractivity contribution in [2.75, 3.05) is 6.26 Å². The minimum absolute atomic E-state index is 0.244. The summed E-state index contributed by atoms with van der Waals surface area (Å²) in [6.45, 7) is 0. The first kappa shape index (κ1) is 17.2. The molecule has 128 valence electrons. The van der Waals surface area contributed by atoms with Crippen LogP contribution in [0.5, 0.6) is 0 Å². The molecule has 25 heavy (non-hydrogen) atoms. The van der Waals surface area contributed by atoms with E-state index in [-0.39, 0.29) is 11.3 Å². The van der Waals surface area contributed by atoms with Gasteiger partial charge in [0.25, 0.3) is 0 Å². The van der Waals surface area contributed by atoms with Crippen LogP contribution in [0.2, 0.25) is 0 Å². The van der Waals surface area contributed by atoms with E-state index in [9.17, 15) is 21.6 Å². The maximum Gasteiger partial charge on any atom is 0.178 e. The largest absolute Gasteiger partial charge is 0.256 e. The van der Waals surface area contributed by atoms with E-state index in [1.807, 2.05) is 0 Å². The second-order valence-electron chi connectivity index (χ2n) is 5.48. The number of nitrogens with zero attached hydrogens (tertiary/aromatic N) is 1. The predicted molar refractivity (Wildman–Crippen MR) is 88.1 cm³/mol. The van der Waals surface area contributed by atoms with Gasteiger partial charge < -0.3 is 0 Å². The molecule has 1 heterocycles. The molecule has 0 atom stereocenters. The summed E-state index contributed by atoms with van der Waals surface area (Å²) in [6, 6.07) is 9.81. The maximum absolute atomic E-state index is 14.2. The van der Waals surface area contributed by atoms with E-state index in [4.69, 9.17) is 0 Å². The zero-order chi connectivity index (χ0) is 18.2. The molecule has 0 amide bonds. The fraction of sp³-hybridized carbons (Fsp3) is 0.0556. The average Bonchev–Trinajstić information content (AvgIpc) is 2.52. The van der Waals surface area contributed by atoms with Gasteiger partial charge in [0.15, 0.2) is 9.84 Å². The van der Waals surface area contributed by atoms with Crippen LogP contribution in [0.4, 0.5) is 13.2 Å². The van der Waals surface area contributed by atoms with E-state index in [0.29, 0.717) is 11.1 Å². The molecule has 0 aliphatic carbocycles. The highest BCUT2D eigenvalue weighted by molar-refractivity contribution is 7.90. The van der Waals surface area contributed by atoms with Crippen LogP contribution in [0.15, 0.2) is 59.6 Å². The summed E-state index contributed by atoms with van der Waals surface area (Å²) < 4.78 is 64.2. The zero-order valence-corrected chi connectivity index (χ0v) is 13.8. The van der Waals surface area contributed by atoms with Gasteiger partial charge in [-0.05, 0) is 35.9 Å². The van der Waals surface area contributed by atoms with Crippen LogP contribution >= 0.6 is 0 Å². The normalized spacial score (nSPS) is 11.5. The van der Waals surface area contributed by atoms with Gasteiger partial charge in [-0.1, -0.05) is 12.1 Å². The van der Waals surface area contributed by atoms with E-state index in [1.165, 1.54) is 12.3 Å². The highest BCUT2D eigenvalue weighted by Gasteiger charge is 2.17. The Bertz CT molecular complexity index is 1050. The summed E-state index contributed by atoms with van der Waals surface area (Å²) in [7, 11) is -3.70. The van der Waals surface area contributed by atoms with Crippen molar-refractivity contribution in [2.24, 2.45) is 0 Å². The molecule has 0 N–H and O–H groups in total. The number of rotatable bonds is 3. The number of hydrogen-bond acceptors (Lipinski definition) is 3. The number of halogens is 3. The number of aromatic nitrogens is 1. The van der Waals surface area contributed by atoms with E-state index in [0.717, 1.165) is 36.6 Å². The summed E-state index contributed by atoms with van der Waals surface area (Å²) in [5, 5.41) is 0. The molecule has 0 radical (unpaired) electrons. The van der Waals surface area contributed by atoms with Crippen LogP contribution in [0, 0.1) is 17.5 Å². The lowest BCUT2D eigenvalue weighted by Crippen LogP contribution is -2.01. The third-order valence-corrected chi connectivity index (χ3v) is 4.72. The summed E-state index contributed by atoms with van der Waals surface area (Å²) >= 11 is 0. The quantitative estimate of drug-likeness (QED) is 0.699. The molecule has 0 saturated carbocycles. The van der Waals surface area contributed by atoms with Gasteiger partial charge in [-0.3, -0.25) is 4.98 Å². The Hall–Kier alpha value is -2.67. The van der Waals surface area contributed by atoms with Crippen LogP contribution in [0.25, 0.3) is 22.4 Å². The SMILES string of the molecule is CS(=O)(=O)c1ccc(-c2ncccc2-c2cc(F)cc(F)c2)cc1F. The van der Waals surface area contributed by atoms with Crippen molar-refractivity contribution >= 4 is 9.84 Å². The molecule has 0 aliphatic heterocycles. The number of pyridine rings is 1. The monoisotopic (exact) mass is 363 g/mol. The number of benzene rings is 2. The van der Waals surface area contributed by atoms with Crippen LogP contribution < -0.4 is 0 Å². The van der Waals surface area contributed by atoms with Crippen molar-refractivity contribution in [1.29, 1.82) is 0 Å². The topological polar surface area (TPSA) is 47.0 Å². The third-order valence-electron chi connectivity index (χ3n) is 3.59. The number of sulfone groups is 1. The van der Waals surface area contributed by atoms with E-state index in [1.54, 1.807) is 12.1 Å². The smallest absolute Gasteiger partial charge is 0.178 e. The molecular weight excluding hydrogens is 351 g/mol. The molecule has 0 fully saturated rings. The van der Waals surface area contributed by atoms with Gasteiger partial charge in [-0.2, -0.15) is 0 Å². The van der Waals surface area contributed by atoms with Crippen molar-refractivity contribution in [1.82, 2.24) is 4.98 Å². The van der Waals surface area contributed by atoms with Crippen molar-refractivity contribution in [3.8, 4) is 22.4 Å². The van der Waals surface area contributed by atoms with Crippen molar-refractivity contribution in [3.05, 3.63) is 72.2 Å². The van der Waals surface area contributed by atoms with E-state index < -0.39 is 32.2 Å². The molecule has 3 aromatic rings. The highest BCUT2D eigenvalue weighted by Crippen LogP contribution is 2.32. The molecule has 0 aliphatic rings. The Morgan fingerprint density at radius 3 is 2.16 bits per heavy atom. The van der Waals surface area contributed by atoms with E-state index in [2.05, 4.69) is 4.98 Å². The Morgan fingerprint density at radius 2 is 1.56 bits per heavy atom. The van der Waals surface area contributed by atoms with Gasteiger partial charge in [-0.15, -0.1) is 0 Å². The summed E-state index contributed by atoms with van der Waals surface area (Å²) in [6.07, 6.45) is 2.36. The minimum atomic E-state index is -3.70. The lowest BCUT2D eigenvalue weighted by Gasteiger charge is -2.10. The molecule has 1 aromatic heterocycles. The van der Waals surface area contributed by atoms with Gasteiger partial charge in [0.2, 0.25) is 0 Å². The molecule has 3 rings (SSSR count).